The number of aromatic amines is 1. The molecule has 5 nitrogen and oxygen atoms in total. The molecule has 1 aliphatic rings. The minimum Gasteiger partial charge on any atom is -0.490 e. The zero-order valence-electron chi connectivity index (χ0n) is 14.3. The quantitative estimate of drug-likeness (QED) is 0.825. The van der Waals surface area contributed by atoms with Crippen molar-refractivity contribution in [2.45, 2.75) is 44.8 Å². The molecule has 0 radical (unpaired) electrons. The molecule has 1 fully saturated rings. The molecular weight excluding hydrogens is 288 g/mol. The van der Waals surface area contributed by atoms with Crippen LogP contribution in [0.2, 0.25) is 0 Å². The second kappa shape index (κ2) is 7.79. The van der Waals surface area contributed by atoms with E-state index in [0.29, 0.717) is 6.10 Å². The van der Waals surface area contributed by atoms with Crippen molar-refractivity contribution < 1.29 is 4.74 Å². The number of hydrogen-bond donors (Lipinski definition) is 2. The summed E-state index contributed by atoms with van der Waals surface area (Å²) in [6.07, 6.45) is 6.69. The topological polar surface area (TPSA) is 53.2 Å². The van der Waals surface area contributed by atoms with Gasteiger partial charge in [0.1, 0.15) is 5.75 Å². The van der Waals surface area contributed by atoms with E-state index in [-0.39, 0.29) is 0 Å². The summed E-state index contributed by atoms with van der Waals surface area (Å²) in [5, 5.41) is 12.0. The summed E-state index contributed by atoms with van der Waals surface area (Å²) < 4.78 is 6.19. The Kier molecular flexibility index (Phi) is 5.51. The number of likely N-dealkylation sites (N-methyl/N-ethyl adjacent to an activating group) is 2. The van der Waals surface area contributed by atoms with E-state index in [0.717, 1.165) is 36.6 Å². The molecule has 23 heavy (non-hydrogen) atoms. The van der Waals surface area contributed by atoms with Crippen molar-refractivity contribution in [3.05, 3.63) is 23.9 Å². The first-order valence-electron chi connectivity index (χ1n) is 8.73. The fourth-order valence-corrected chi connectivity index (χ4v) is 3.25. The lowest BCUT2D eigenvalue weighted by molar-refractivity contribution is 0.155. The fourth-order valence-electron chi connectivity index (χ4n) is 3.25. The van der Waals surface area contributed by atoms with E-state index in [1.165, 1.54) is 37.5 Å². The Morgan fingerprint density at radius 2 is 2.13 bits per heavy atom. The van der Waals surface area contributed by atoms with Crippen LogP contribution >= 0.6 is 0 Å². The Labute approximate surface area is 138 Å². The van der Waals surface area contributed by atoms with Crippen molar-refractivity contribution in [3.8, 4) is 5.75 Å². The van der Waals surface area contributed by atoms with Gasteiger partial charge in [0, 0.05) is 25.0 Å². The standard InChI is InChI=1S/C18H28N4O/c1-19-10-11-22(2)13-18-16-12-15(8-9-17(16)20-21-18)23-14-6-4-3-5-7-14/h8-9,12,14,19H,3-7,10-11,13H2,1-2H3,(H,20,21). The molecule has 0 spiro atoms. The van der Waals surface area contributed by atoms with Crippen LogP contribution in [-0.4, -0.2) is 48.4 Å². The molecule has 126 valence electrons. The van der Waals surface area contributed by atoms with Crippen LogP contribution < -0.4 is 10.1 Å². The van der Waals surface area contributed by atoms with E-state index in [9.17, 15) is 0 Å². The zero-order valence-corrected chi connectivity index (χ0v) is 14.3. The van der Waals surface area contributed by atoms with Crippen LogP contribution in [0.5, 0.6) is 5.75 Å². The lowest BCUT2D eigenvalue weighted by atomic mass is 9.98. The number of ether oxygens (including phenoxy) is 1. The van der Waals surface area contributed by atoms with Crippen LogP contribution in [-0.2, 0) is 6.54 Å². The molecule has 2 N–H and O–H groups in total. The Bertz CT molecular complexity index is 619. The highest BCUT2D eigenvalue weighted by Crippen LogP contribution is 2.27. The molecule has 1 aromatic carbocycles. The highest BCUT2D eigenvalue weighted by atomic mass is 16.5. The molecule has 0 amide bonds. The van der Waals surface area contributed by atoms with Gasteiger partial charge in [0.05, 0.1) is 17.3 Å². The first-order chi connectivity index (χ1) is 11.3. The summed E-state index contributed by atoms with van der Waals surface area (Å²) in [7, 11) is 4.10. The Morgan fingerprint density at radius 1 is 1.30 bits per heavy atom. The van der Waals surface area contributed by atoms with Crippen molar-refractivity contribution in [2.75, 3.05) is 27.2 Å². The summed E-state index contributed by atoms with van der Waals surface area (Å²) in [5.41, 5.74) is 2.17. The van der Waals surface area contributed by atoms with E-state index in [2.05, 4.69) is 45.7 Å². The van der Waals surface area contributed by atoms with E-state index >= 15 is 0 Å². The molecule has 0 aliphatic heterocycles. The first kappa shape index (κ1) is 16.3. The van der Waals surface area contributed by atoms with Crippen LogP contribution in [0.1, 0.15) is 37.8 Å². The number of rotatable bonds is 7. The maximum absolute atomic E-state index is 6.19. The minimum atomic E-state index is 0.384. The van der Waals surface area contributed by atoms with E-state index < -0.39 is 0 Å². The van der Waals surface area contributed by atoms with E-state index in [4.69, 9.17) is 4.74 Å². The molecule has 1 saturated carbocycles. The van der Waals surface area contributed by atoms with Crippen molar-refractivity contribution in [1.82, 2.24) is 20.4 Å². The van der Waals surface area contributed by atoms with Crippen LogP contribution in [0.4, 0.5) is 0 Å². The lowest BCUT2D eigenvalue weighted by Gasteiger charge is -2.23. The van der Waals surface area contributed by atoms with Gasteiger partial charge in [0.25, 0.3) is 0 Å². The van der Waals surface area contributed by atoms with Gasteiger partial charge in [0.15, 0.2) is 0 Å². The SMILES string of the molecule is CNCCN(C)Cc1n[nH]c2ccc(OC3CCCCC3)cc12. The summed E-state index contributed by atoms with van der Waals surface area (Å²) in [5.74, 6) is 0.977. The number of aromatic nitrogens is 2. The number of hydrogen-bond acceptors (Lipinski definition) is 4. The highest BCUT2D eigenvalue weighted by Gasteiger charge is 2.16. The Balaban J connectivity index is 1.71. The monoisotopic (exact) mass is 316 g/mol. The summed E-state index contributed by atoms with van der Waals surface area (Å²) >= 11 is 0. The molecule has 5 heteroatoms. The third-order valence-electron chi connectivity index (χ3n) is 4.63. The highest BCUT2D eigenvalue weighted by molar-refractivity contribution is 5.82. The number of benzene rings is 1. The van der Waals surface area contributed by atoms with Crippen LogP contribution in [0.3, 0.4) is 0 Å². The lowest BCUT2D eigenvalue weighted by Crippen LogP contribution is -2.27. The van der Waals surface area contributed by atoms with Crippen molar-refractivity contribution in [1.29, 1.82) is 0 Å². The number of nitrogens with one attached hydrogen (secondary N) is 2. The fraction of sp³-hybridized carbons (Fsp3) is 0.611. The van der Waals surface area contributed by atoms with Gasteiger partial charge in [-0.25, -0.2) is 0 Å². The Morgan fingerprint density at radius 3 is 2.91 bits per heavy atom. The van der Waals surface area contributed by atoms with E-state index in [1.54, 1.807) is 0 Å². The molecule has 0 unspecified atom stereocenters. The second-order valence-corrected chi connectivity index (χ2v) is 6.60. The van der Waals surface area contributed by atoms with Gasteiger partial charge in [-0.3, -0.25) is 10.00 Å². The van der Waals surface area contributed by atoms with Gasteiger partial charge in [-0.2, -0.15) is 5.10 Å². The summed E-state index contributed by atoms with van der Waals surface area (Å²) in [4.78, 5) is 2.28. The van der Waals surface area contributed by atoms with Crippen molar-refractivity contribution in [3.63, 3.8) is 0 Å². The number of fused-ring (bicyclic) bond motifs is 1. The summed E-state index contributed by atoms with van der Waals surface area (Å²) in [6, 6.07) is 6.29. The zero-order chi connectivity index (χ0) is 16.1. The summed E-state index contributed by atoms with van der Waals surface area (Å²) in [6.45, 7) is 2.83. The Hall–Kier alpha value is -1.59. The average Bonchev–Trinajstić information content (AvgIpc) is 2.96. The molecule has 2 aromatic rings. The first-order valence-corrected chi connectivity index (χ1v) is 8.73. The third-order valence-corrected chi connectivity index (χ3v) is 4.63. The largest absolute Gasteiger partial charge is 0.490 e. The van der Waals surface area contributed by atoms with Crippen molar-refractivity contribution >= 4 is 10.9 Å². The predicted molar refractivity (Wildman–Crippen MR) is 93.9 cm³/mol. The number of nitrogens with zero attached hydrogens (tertiary/aromatic N) is 2. The molecular formula is C18H28N4O. The van der Waals surface area contributed by atoms with Gasteiger partial charge < -0.3 is 10.1 Å². The number of H-pyrrole nitrogens is 1. The molecule has 1 aromatic heterocycles. The predicted octanol–water partition coefficient (Wildman–Crippen LogP) is 2.93. The van der Waals surface area contributed by atoms with Crippen LogP contribution in [0, 0.1) is 0 Å². The normalized spacial score (nSPS) is 16.3. The minimum absolute atomic E-state index is 0.384. The van der Waals surface area contributed by atoms with Gasteiger partial charge in [-0.15, -0.1) is 0 Å². The van der Waals surface area contributed by atoms with Gasteiger partial charge in [-0.1, -0.05) is 6.42 Å². The maximum Gasteiger partial charge on any atom is 0.120 e. The smallest absolute Gasteiger partial charge is 0.120 e. The molecule has 0 bridgehead atoms. The van der Waals surface area contributed by atoms with Gasteiger partial charge >= 0.3 is 0 Å². The third kappa shape index (κ3) is 4.24. The van der Waals surface area contributed by atoms with Gasteiger partial charge in [0.2, 0.25) is 0 Å². The average molecular weight is 316 g/mol. The van der Waals surface area contributed by atoms with Crippen LogP contribution in [0.25, 0.3) is 10.9 Å². The molecule has 1 aliphatic carbocycles. The molecule has 3 rings (SSSR count). The van der Waals surface area contributed by atoms with Gasteiger partial charge in [-0.05, 0) is 58.0 Å². The molecule has 0 saturated heterocycles. The van der Waals surface area contributed by atoms with Crippen LogP contribution in [0.15, 0.2) is 18.2 Å². The molecule has 1 heterocycles. The molecule has 0 atom stereocenters. The second-order valence-electron chi connectivity index (χ2n) is 6.60. The van der Waals surface area contributed by atoms with Crippen molar-refractivity contribution in [2.24, 2.45) is 0 Å². The maximum atomic E-state index is 6.19. The van der Waals surface area contributed by atoms with E-state index in [1.807, 2.05) is 7.05 Å².